The Balaban J connectivity index is 3.12. The zero-order valence-corrected chi connectivity index (χ0v) is 18.2. The number of esters is 1. The molecule has 0 radical (unpaired) electrons. The maximum absolute atomic E-state index is 13.8. The van der Waals surface area contributed by atoms with Crippen molar-refractivity contribution in [3.05, 3.63) is 29.3 Å². The second kappa shape index (κ2) is 10.00. The average Bonchev–Trinajstić information content (AvgIpc) is 2.67. The van der Waals surface area contributed by atoms with Crippen molar-refractivity contribution in [1.29, 1.82) is 0 Å². The summed E-state index contributed by atoms with van der Waals surface area (Å²) in [5.41, 5.74) is -0.698. The summed E-state index contributed by atoms with van der Waals surface area (Å²) >= 11 is 0. The van der Waals surface area contributed by atoms with E-state index < -0.39 is 54.0 Å². The van der Waals surface area contributed by atoms with Crippen LogP contribution in [-0.4, -0.2) is 70.9 Å². The predicted molar refractivity (Wildman–Crippen MR) is 93.4 cm³/mol. The van der Waals surface area contributed by atoms with Crippen LogP contribution in [0.4, 0.5) is 26.3 Å². The third kappa shape index (κ3) is 5.86. The number of carbonyl (C=O) groups is 1. The highest BCUT2D eigenvalue weighted by molar-refractivity contribution is 7.88. The lowest BCUT2D eigenvalue weighted by Crippen LogP contribution is -2.61. The highest BCUT2D eigenvalue weighted by Crippen LogP contribution is 2.51. The van der Waals surface area contributed by atoms with Gasteiger partial charge >= 0.3 is 32.5 Å². The maximum atomic E-state index is 13.8. The fraction of sp³-hybridized carbons (Fsp3) is 0.533. The summed E-state index contributed by atoms with van der Waals surface area (Å²) in [7, 11) is -13.1. The number of alkyl halides is 6. The molecule has 0 heterocycles. The zero-order chi connectivity index (χ0) is 25.9. The summed E-state index contributed by atoms with van der Waals surface area (Å²) in [6, 6.07) is 2.14. The van der Waals surface area contributed by atoms with E-state index >= 15 is 0 Å². The molecule has 1 aromatic rings. The van der Waals surface area contributed by atoms with E-state index in [1.54, 1.807) is 0 Å². The molecule has 0 saturated heterocycles. The highest BCUT2D eigenvalue weighted by Gasteiger charge is 2.81. The minimum absolute atomic E-state index is 0.0645. The summed E-state index contributed by atoms with van der Waals surface area (Å²) in [5, 5.41) is -13.9. The fourth-order valence-electron chi connectivity index (χ4n) is 1.94. The number of hydrogen-bond acceptors (Lipinski definition) is 10. The van der Waals surface area contributed by atoms with Gasteiger partial charge in [0.1, 0.15) is 19.1 Å². The van der Waals surface area contributed by atoms with Crippen molar-refractivity contribution < 1.29 is 70.9 Å². The predicted octanol–water partition coefficient (Wildman–Crippen LogP) is 1.85. The third-order valence-corrected chi connectivity index (χ3v) is 5.80. The first-order chi connectivity index (χ1) is 14.8. The van der Waals surface area contributed by atoms with Gasteiger partial charge < -0.3 is 22.9 Å². The molecular formula is C15H15F6O10S2-. The van der Waals surface area contributed by atoms with Gasteiger partial charge in [0.25, 0.3) is 0 Å². The smallest absolute Gasteiger partial charge is 0.450 e. The molecule has 190 valence electrons. The van der Waals surface area contributed by atoms with Gasteiger partial charge in [0, 0.05) is 7.11 Å². The lowest BCUT2D eigenvalue weighted by molar-refractivity contribution is -0.247. The van der Waals surface area contributed by atoms with E-state index in [0.29, 0.717) is 6.07 Å². The lowest BCUT2D eigenvalue weighted by Gasteiger charge is -2.32. The van der Waals surface area contributed by atoms with Crippen LogP contribution in [0.15, 0.2) is 18.2 Å². The van der Waals surface area contributed by atoms with Gasteiger partial charge in [0.05, 0.1) is 12.2 Å². The van der Waals surface area contributed by atoms with Crippen molar-refractivity contribution >= 4 is 26.2 Å². The molecule has 0 amide bonds. The average molecular weight is 533 g/mol. The second-order valence-corrected chi connectivity index (χ2v) is 9.04. The Kier molecular flexibility index (Phi) is 8.75. The highest BCUT2D eigenvalue weighted by atomic mass is 32.2. The van der Waals surface area contributed by atoms with E-state index in [9.17, 15) is 52.5 Å². The standard InChI is InChI=1S/C15H16F6O10S2/c1-9-7-10(12(22)30-6-5-29-8-28-2)3-4-11(9)31-33(26,27)15(20,21)13(16,17)14(18,19)32(23,24)25/h3-4,7H,5-6,8H2,1-2H3,(H,23,24,25)/p-1. The Labute approximate surface area is 183 Å². The van der Waals surface area contributed by atoms with Gasteiger partial charge in [0.15, 0.2) is 10.1 Å². The maximum Gasteiger partial charge on any atom is 0.450 e. The molecule has 1 rings (SSSR count). The first-order valence-electron chi connectivity index (χ1n) is 8.21. The Morgan fingerprint density at radius 1 is 1.00 bits per heavy atom. The van der Waals surface area contributed by atoms with Gasteiger partial charge in [-0.3, -0.25) is 0 Å². The lowest BCUT2D eigenvalue weighted by atomic mass is 10.1. The molecule has 10 nitrogen and oxygen atoms in total. The van der Waals surface area contributed by atoms with Crippen molar-refractivity contribution in [3.63, 3.8) is 0 Å². The number of hydrogen-bond donors (Lipinski definition) is 0. The molecular weight excluding hydrogens is 518 g/mol. The quantitative estimate of drug-likeness (QED) is 0.0974. The van der Waals surface area contributed by atoms with Crippen LogP contribution in [0.5, 0.6) is 5.75 Å². The molecule has 18 heteroatoms. The molecule has 0 aliphatic heterocycles. The van der Waals surface area contributed by atoms with Crippen molar-refractivity contribution in [2.24, 2.45) is 0 Å². The molecule has 0 atom stereocenters. The molecule has 0 aliphatic carbocycles. The molecule has 0 unspecified atom stereocenters. The Bertz CT molecular complexity index is 1070. The fourth-order valence-corrected chi connectivity index (χ4v) is 3.42. The molecule has 0 N–H and O–H groups in total. The van der Waals surface area contributed by atoms with Gasteiger partial charge in [0.2, 0.25) is 0 Å². The number of carbonyl (C=O) groups excluding carboxylic acids is 1. The molecule has 33 heavy (non-hydrogen) atoms. The van der Waals surface area contributed by atoms with Gasteiger partial charge in [-0.05, 0) is 30.7 Å². The van der Waals surface area contributed by atoms with Crippen LogP contribution in [0, 0.1) is 6.92 Å². The molecule has 0 fully saturated rings. The van der Waals surface area contributed by atoms with E-state index in [2.05, 4.69) is 8.92 Å². The van der Waals surface area contributed by atoms with Crippen LogP contribution >= 0.6 is 0 Å². The van der Waals surface area contributed by atoms with Gasteiger partial charge in [-0.15, -0.1) is 0 Å². The van der Waals surface area contributed by atoms with Crippen molar-refractivity contribution in [3.8, 4) is 5.75 Å². The SMILES string of the molecule is COCOCCOC(=O)c1ccc(OS(=O)(=O)C(F)(F)C(F)(F)C(F)(F)S(=O)(=O)[O-])c(C)c1. The van der Waals surface area contributed by atoms with E-state index in [4.69, 9.17) is 9.47 Å². The minimum Gasteiger partial charge on any atom is -0.743 e. The van der Waals surface area contributed by atoms with E-state index in [0.717, 1.165) is 19.1 Å². The first-order valence-corrected chi connectivity index (χ1v) is 11.0. The molecule has 0 spiro atoms. The summed E-state index contributed by atoms with van der Waals surface area (Å²) in [5.74, 6) is -9.30. The van der Waals surface area contributed by atoms with Crippen molar-refractivity contribution in [1.82, 2.24) is 0 Å². The second-order valence-electron chi connectivity index (χ2n) is 6.03. The molecule has 1 aromatic carbocycles. The van der Waals surface area contributed by atoms with Crippen LogP contribution in [0.25, 0.3) is 0 Å². The van der Waals surface area contributed by atoms with Crippen molar-refractivity contribution in [2.45, 2.75) is 23.4 Å². The van der Waals surface area contributed by atoms with Gasteiger partial charge in [-0.1, -0.05) is 0 Å². The summed E-state index contributed by atoms with van der Waals surface area (Å²) < 4.78 is 153. The summed E-state index contributed by atoms with van der Waals surface area (Å²) in [6.45, 7) is 0.570. The number of halogens is 6. The number of benzene rings is 1. The zero-order valence-electron chi connectivity index (χ0n) is 16.5. The Hall–Kier alpha value is -2.15. The molecule has 0 bridgehead atoms. The normalized spacial score (nSPS) is 13.6. The van der Waals surface area contributed by atoms with Crippen LogP contribution < -0.4 is 4.18 Å². The van der Waals surface area contributed by atoms with E-state index in [1.807, 2.05) is 0 Å². The largest absolute Gasteiger partial charge is 0.743 e. The van der Waals surface area contributed by atoms with Crippen LogP contribution in [0.1, 0.15) is 15.9 Å². The molecule has 0 aromatic heterocycles. The number of rotatable bonds is 12. The monoisotopic (exact) mass is 533 g/mol. The summed E-state index contributed by atoms with van der Waals surface area (Å²) in [4.78, 5) is 11.9. The van der Waals surface area contributed by atoms with E-state index in [-0.39, 0.29) is 25.6 Å². The Morgan fingerprint density at radius 2 is 1.58 bits per heavy atom. The first kappa shape index (κ1) is 28.9. The van der Waals surface area contributed by atoms with Gasteiger partial charge in [-0.25, -0.2) is 13.2 Å². The third-order valence-electron chi connectivity index (χ3n) is 3.63. The number of ether oxygens (including phenoxy) is 3. The molecule has 0 saturated carbocycles. The topological polar surface area (TPSA) is 145 Å². The summed E-state index contributed by atoms with van der Waals surface area (Å²) in [6.07, 6.45) is 0. The van der Waals surface area contributed by atoms with E-state index in [1.165, 1.54) is 7.11 Å². The molecule has 0 aliphatic rings. The van der Waals surface area contributed by atoms with Crippen LogP contribution in [0.3, 0.4) is 0 Å². The minimum atomic E-state index is -7.41. The van der Waals surface area contributed by atoms with Crippen LogP contribution in [-0.2, 0) is 34.4 Å². The van der Waals surface area contributed by atoms with Crippen LogP contribution in [0.2, 0.25) is 0 Å². The Morgan fingerprint density at radius 3 is 2.06 bits per heavy atom. The van der Waals surface area contributed by atoms with Crippen molar-refractivity contribution in [2.75, 3.05) is 27.1 Å². The number of aryl methyl sites for hydroxylation is 1. The van der Waals surface area contributed by atoms with Gasteiger partial charge in [-0.2, -0.15) is 34.8 Å². The number of methoxy groups -OCH3 is 1.